The van der Waals surface area contributed by atoms with Gasteiger partial charge in [0.15, 0.2) is 11.5 Å². The van der Waals surface area contributed by atoms with E-state index in [1.54, 1.807) is 0 Å². The van der Waals surface area contributed by atoms with Crippen molar-refractivity contribution in [1.29, 1.82) is 0 Å². The Labute approximate surface area is 129 Å². The van der Waals surface area contributed by atoms with Crippen molar-refractivity contribution < 1.29 is 14.3 Å². The van der Waals surface area contributed by atoms with Crippen LogP contribution in [0.5, 0.6) is 11.5 Å². The Morgan fingerprint density at radius 3 is 2.86 bits per heavy atom. The number of ether oxygens (including phenoxy) is 2. The van der Waals surface area contributed by atoms with Crippen molar-refractivity contribution in [2.75, 3.05) is 18.7 Å². The summed E-state index contributed by atoms with van der Waals surface area (Å²) in [5.41, 5.74) is 3.08. The van der Waals surface area contributed by atoms with Gasteiger partial charge in [-0.3, -0.25) is 4.79 Å². The Hall–Kier alpha value is -2.69. The Morgan fingerprint density at radius 1 is 1.14 bits per heavy atom. The Kier molecular flexibility index (Phi) is 4.14. The number of fused-ring (bicyclic) bond motifs is 1. The molecular formula is C17H18N2O3. The zero-order valence-corrected chi connectivity index (χ0v) is 12.4. The molecule has 5 heteroatoms. The van der Waals surface area contributed by atoms with Gasteiger partial charge in [0.25, 0.3) is 0 Å². The number of carbonyl (C=O) groups excluding carboxylic acids is 1. The molecule has 114 valence electrons. The van der Waals surface area contributed by atoms with Crippen LogP contribution >= 0.6 is 0 Å². The maximum absolute atomic E-state index is 11.9. The second kappa shape index (κ2) is 6.39. The predicted octanol–water partition coefficient (Wildman–Crippen LogP) is 2.45. The van der Waals surface area contributed by atoms with E-state index in [0.717, 1.165) is 28.3 Å². The van der Waals surface area contributed by atoms with Crippen LogP contribution in [-0.2, 0) is 11.3 Å². The van der Waals surface area contributed by atoms with Crippen LogP contribution in [0.15, 0.2) is 42.5 Å². The zero-order valence-electron chi connectivity index (χ0n) is 12.4. The van der Waals surface area contributed by atoms with Crippen LogP contribution in [0.4, 0.5) is 5.69 Å². The van der Waals surface area contributed by atoms with Gasteiger partial charge in [-0.05, 0) is 42.3 Å². The number of hydrogen-bond donors (Lipinski definition) is 2. The third-order valence-electron chi connectivity index (χ3n) is 3.40. The van der Waals surface area contributed by atoms with Crippen LogP contribution in [0.1, 0.15) is 11.1 Å². The summed E-state index contributed by atoms with van der Waals surface area (Å²) in [5, 5.41) is 5.98. The van der Waals surface area contributed by atoms with Gasteiger partial charge in [0, 0.05) is 12.2 Å². The average Bonchev–Trinajstić information content (AvgIpc) is 2.98. The minimum absolute atomic E-state index is 0.0563. The van der Waals surface area contributed by atoms with Crippen LogP contribution < -0.4 is 20.1 Å². The van der Waals surface area contributed by atoms with Gasteiger partial charge in [-0.15, -0.1) is 0 Å². The Balaban J connectivity index is 1.48. The fourth-order valence-electron chi connectivity index (χ4n) is 2.25. The standard InChI is InChI=1S/C17H18N2O3/c1-12-3-2-4-14(7-12)18-10-17(20)19-9-13-5-6-15-16(8-13)22-11-21-15/h2-8,18H,9-11H2,1H3,(H,19,20). The molecule has 0 radical (unpaired) electrons. The lowest BCUT2D eigenvalue weighted by Crippen LogP contribution is -2.29. The maximum Gasteiger partial charge on any atom is 0.239 e. The van der Waals surface area contributed by atoms with E-state index in [1.165, 1.54) is 0 Å². The summed E-state index contributed by atoms with van der Waals surface area (Å²) in [7, 11) is 0. The van der Waals surface area contributed by atoms with Crippen molar-refractivity contribution in [2.24, 2.45) is 0 Å². The molecule has 0 spiro atoms. The first-order valence-corrected chi connectivity index (χ1v) is 7.16. The summed E-state index contributed by atoms with van der Waals surface area (Å²) in [6.45, 7) is 2.98. The molecule has 0 bridgehead atoms. The number of amides is 1. The summed E-state index contributed by atoms with van der Waals surface area (Å²) < 4.78 is 10.6. The van der Waals surface area contributed by atoms with Crippen LogP contribution in [0.3, 0.4) is 0 Å². The third-order valence-corrected chi connectivity index (χ3v) is 3.40. The third kappa shape index (κ3) is 3.49. The monoisotopic (exact) mass is 298 g/mol. The highest BCUT2D eigenvalue weighted by Gasteiger charge is 2.13. The number of carbonyl (C=O) groups is 1. The highest BCUT2D eigenvalue weighted by atomic mass is 16.7. The molecule has 0 atom stereocenters. The first-order valence-electron chi connectivity index (χ1n) is 7.16. The quantitative estimate of drug-likeness (QED) is 0.890. The lowest BCUT2D eigenvalue weighted by atomic mass is 10.2. The second-order valence-electron chi connectivity index (χ2n) is 5.19. The van der Waals surface area contributed by atoms with E-state index < -0.39 is 0 Å². The number of nitrogens with one attached hydrogen (secondary N) is 2. The van der Waals surface area contributed by atoms with Gasteiger partial charge in [0.05, 0.1) is 6.54 Å². The molecule has 5 nitrogen and oxygen atoms in total. The molecule has 0 saturated carbocycles. The molecule has 2 aromatic carbocycles. The average molecular weight is 298 g/mol. The van der Waals surface area contributed by atoms with Crippen molar-refractivity contribution in [3.8, 4) is 11.5 Å². The molecule has 0 aromatic heterocycles. The normalized spacial score (nSPS) is 12.0. The van der Waals surface area contributed by atoms with Gasteiger partial charge in [-0.2, -0.15) is 0 Å². The number of hydrogen-bond acceptors (Lipinski definition) is 4. The molecule has 2 aromatic rings. The summed E-state index contributed by atoms with van der Waals surface area (Å²) >= 11 is 0. The summed E-state index contributed by atoms with van der Waals surface area (Å²) in [4.78, 5) is 11.9. The summed E-state index contributed by atoms with van der Waals surface area (Å²) in [6.07, 6.45) is 0. The van der Waals surface area contributed by atoms with E-state index in [4.69, 9.17) is 9.47 Å². The molecule has 0 aliphatic carbocycles. The van der Waals surface area contributed by atoms with Crippen molar-refractivity contribution in [3.63, 3.8) is 0 Å². The summed E-state index contributed by atoms with van der Waals surface area (Å²) in [5.74, 6) is 1.42. The first-order chi connectivity index (χ1) is 10.7. The van der Waals surface area contributed by atoms with Gasteiger partial charge in [-0.1, -0.05) is 18.2 Å². The van der Waals surface area contributed by atoms with E-state index in [9.17, 15) is 4.79 Å². The predicted molar refractivity (Wildman–Crippen MR) is 84.1 cm³/mol. The van der Waals surface area contributed by atoms with Gasteiger partial charge >= 0.3 is 0 Å². The second-order valence-corrected chi connectivity index (χ2v) is 5.19. The van der Waals surface area contributed by atoms with E-state index >= 15 is 0 Å². The molecule has 0 unspecified atom stereocenters. The van der Waals surface area contributed by atoms with Crippen molar-refractivity contribution >= 4 is 11.6 Å². The van der Waals surface area contributed by atoms with Crippen LogP contribution in [-0.4, -0.2) is 19.2 Å². The van der Waals surface area contributed by atoms with E-state index in [2.05, 4.69) is 10.6 Å². The fourth-order valence-corrected chi connectivity index (χ4v) is 2.25. The highest BCUT2D eigenvalue weighted by molar-refractivity contribution is 5.80. The molecule has 3 rings (SSSR count). The molecule has 2 N–H and O–H groups in total. The van der Waals surface area contributed by atoms with Crippen LogP contribution in [0, 0.1) is 6.92 Å². The fraction of sp³-hybridized carbons (Fsp3) is 0.235. The molecule has 0 saturated heterocycles. The Morgan fingerprint density at radius 2 is 2.00 bits per heavy atom. The number of benzene rings is 2. The summed E-state index contributed by atoms with van der Waals surface area (Å²) in [6, 6.07) is 13.6. The number of anilines is 1. The molecule has 1 heterocycles. The lowest BCUT2D eigenvalue weighted by Gasteiger charge is -2.09. The smallest absolute Gasteiger partial charge is 0.239 e. The van der Waals surface area contributed by atoms with Crippen molar-refractivity contribution in [1.82, 2.24) is 5.32 Å². The van der Waals surface area contributed by atoms with Gasteiger partial charge in [-0.25, -0.2) is 0 Å². The van der Waals surface area contributed by atoms with Crippen molar-refractivity contribution in [2.45, 2.75) is 13.5 Å². The zero-order chi connectivity index (χ0) is 15.4. The molecule has 22 heavy (non-hydrogen) atoms. The molecule has 1 aliphatic heterocycles. The van der Waals surface area contributed by atoms with E-state index in [1.807, 2.05) is 49.4 Å². The minimum Gasteiger partial charge on any atom is -0.454 e. The number of aryl methyl sites for hydroxylation is 1. The number of rotatable bonds is 5. The van der Waals surface area contributed by atoms with Crippen LogP contribution in [0.25, 0.3) is 0 Å². The molecule has 0 fully saturated rings. The van der Waals surface area contributed by atoms with E-state index in [-0.39, 0.29) is 19.2 Å². The molecular weight excluding hydrogens is 280 g/mol. The van der Waals surface area contributed by atoms with Crippen molar-refractivity contribution in [3.05, 3.63) is 53.6 Å². The topological polar surface area (TPSA) is 59.6 Å². The molecule has 1 amide bonds. The minimum atomic E-state index is -0.0563. The lowest BCUT2D eigenvalue weighted by molar-refractivity contribution is -0.119. The largest absolute Gasteiger partial charge is 0.454 e. The van der Waals surface area contributed by atoms with Gasteiger partial charge < -0.3 is 20.1 Å². The molecule has 1 aliphatic rings. The van der Waals surface area contributed by atoms with Gasteiger partial charge in [0.1, 0.15) is 0 Å². The van der Waals surface area contributed by atoms with Crippen LogP contribution in [0.2, 0.25) is 0 Å². The van der Waals surface area contributed by atoms with Gasteiger partial charge in [0.2, 0.25) is 12.7 Å². The SMILES string of the molecule is Cc1cccc(NCC(=O)NCc2ccc3c(c2)OCO3)c1. The Bertz CT molecular complexity index is 685. The first kappa shape index (κ1) is 14.3. The highest BCUT2D eigenvalue weighted by Crippen LogP contribution is 2.32. The van der Waals surface area contributed by atoms with E-state index in [0.29, 0.717) is 6.54 Å². The maximum atomic E-state index is 11.9.